The third kappa shape index (κ3) is 5.38. The number of fused-ring (bicyclic) bond motifs is 13. The lowest BCUT2D eigenvalue weighted by atomic mass is 9.70. The van der Waals surface area contributed by atoms with Gasteiger partial charge in [0.25, 0.3) is 0 Å². The normalized spacial score (nSPS) is 14.6. The molecule has 0 N–H and O–H groups in total. The first-order valence-corrected chi connectivity index (χ1v) is 23.1. The molecule has 1 aliphatic carbocycles. The van der Waals surface area contributed by atoms with Crippen LogP contribution in [-0.2, 0) is 5.41 Å². The number of hydrogen-bond acceptors (Lipinski definition) is 4. The van der Waals surface area contributed by atoms with Gasteiger partial charge in [0.05, 0.1) is 0 Å². The van der Waals surface area contributed by atoms with Gasteiger partial charge in [0.2, 0.25) is 0 Å². The average Bonchev–Trinajstić information content (AvgIpc) is 3.85. The van der Waals surface area contributed by atoms with Crippen molar-refractivity contribution in [1.82, 2.24) is 15.0 Å². The number of rotatable bonds is 4. The van der Waals surface area contributed by atoms with Crippen LogP contribution < -0.4 is 0 Å². The third-order valence-electron chi connectivity index (χ3n) is 14.1. The predicted octanol–water partition coefficient (Wildman–Crippen LogP) is 16.3. The van der Waals surface area contributed by atoms with E-state index in [0.29, 0.717) is 17.5 Å². The van der Waals surface area contributed by atoms with Crippen molar-refractivity contribution < 1.29 is 0 Å². The zero-order chi connectivity index (χ0) is 42.8. The second-order valence-corrected chi connectivity index (χ2v) is 18.7. The van der Waals surface area contributed by atoms with Gasteiger partial charge in [-0.2, -0.15) is 0 Å². The van der Waals surface area contributed by atoms with E-state index in [1.165, 1.54) is 96.5 Å². The predicted molar refractivity (Wildman–Crippen MR) is 274 cm³/mol. The molecule has 1 unspecified atom stereocenters. The largest absolute Gasteiger partial charge is 0.208 e. The highest BCUT2D eigenvalue weighted by Gasteiger charge is 2.45. The van der Waals surface area contributed by atoms with E-state index in [0.717, 1.165) is 22.1 Å². The van der Waals surface area contributed by atoms with Crippen molar-refractivity contribution in [1.29, 1.82) is 0 Å². The molecule has 0 saturated carbocycles. The fourth-order valence-corrected chi connectivity index (χ4v) is 12.4. The Bertz CT molecular complexity index is 4150. The van der Waals surface area contributed by atoms with Crippen molar-refractivity contribution >= 4 is 85.4 Å². The minimum atomic E-state index is -0.617. The molecule has 3 nitrogen and oxygen atoms in total. The fourth-order valence-electron chi connectivity index (χ4n) is 11.0. The smallest absolute Gasteiger partial charge is 0.164 e. The van der Waals surface area contributed by atoms with Crippen LogP contribution in [0, 0.1) is 0 Å². The van der Waals surface area contributed by atoms with E-state index in [1.54, 1.807) is 0 Å². The molecule has 13 aromatic rings. The van der Waals surface area contributed by atoms with E-state index in [9.17, 15) is 0 Å². The van der Waals surface area contributed by atoms with Crippen molar-refractivity contribution in [3.05, 3.63) is 223 Å². The molecule has 0 radical (unpaired) electrons. The molecule has 302 valence electrons. The van der Waals surface area contributed by atoms with E-state index < -0.39 is 5.41 Å². The molecule has 0 aliphatic heterocycles. The molecule has 0 bridgehead atoms. The standard InChI is InChI=1S/C61H37N3S/c1-61(53-34-41-19-7-5-17-39(41)32-51(53)48-28-25-37-14-10-12-22-47(37)55(48)61)56-50(30-29-49-52-33-40-18-6-8-20-42(40)35-54(52)65-57(49)56)60-63-58(38-15-3-2-4-16-38)62-59(64-60)44-26-27-46-43(31-44)24-23-36-13-9-11-21-45(36)46/h2-35H,1H3. The number of hydrogen-bond donors (Lipinski definition) is 0. The summed E-state index contributed by atoms with van der Waals surface area (Å²) in [6, 6.07) is 75.3. The third-order valence-corrected chi connectivity index (χ3v) is 15.2. The highest BCUT2D eigenvalue weighted by Crippen LogP contribution is 2.59. The van der Waals surface area contributed by atoms with E-state index in [-0.39, 0.29) is 0 Å². The molecule has 1 atom stereocenters. The molecule has 4 heteroatoms. The molecule has 14 rings (SSSR count). The van der Waals surface area contributed by atoms with E-state index in [2.05, 4.69) is 207 Å². The molecule has 1 aliphatic rings. The first kappa shape index (κ1) is 36.4. The maximum atomic E-state index is 5.54. The second-order valence-electron chi connectivity index (χ2n) is 17.6. The van der Waals surface area contributed by atoms with Crippen molar-refractivity contribution in [2.75, 3.05) is 0 Å². The van der Waals surface area contributed by atoms with Gasteiger partial charge >= 0.3 is 0 Å². The summed E-state index contributed by atoms with van der Waals surface area (Å²) in [5, 5.41) is 14.7. The molecular weight excluding hydrogens is 807 g/mol. The van der Waals surface area contributed by atoms with Crippen LogP contribution in [0.1, 0.15) is 23.6 Å². The molecule has 0 spiro atoms. The molecule has 2 aromatic heterocycles. The highest BCUT2D eigenvalue weighted by molar-refractivity contribution is 7.26. The molecule has 2 heterocycles. The average molecular weight is 844 g/mol. The Morgan fingerprint density at radius 3 is 1.68 bits per heavy atom. The van der Waals surface area contributed by atoms with Crippen LogP contribution >= 0.6 is 11.3 Å². The first-order chi connectivity index (χ1) is 32.1. The van der Waals surface area contributed by atoms with Gasteiger partial charge in [0.1, 0.15) is 0 Å². The summed E-state index contributed by atoms with van der Waals surface area (Å²) >= 11 is 1.89. The number of thiophene rings is 1. The molecule has 0 amide bonds. The van der Waals surface area contributed by atoms with Gasteiger partial charge in [0, 0.05) is 42.3 Å². The zero-order valence-electron chi connectivity index (χ0n) is 35.4. The summed E-state index contributed by atoms with van der Waals surface area (Å²) in [5.41, 5.74) is 8.64. The van der Waals surface area contributed by atoms with E-state index in [4.69, 9.17) is 15.0 Å². The number of nitrogens with zero attached hydrogens (tertiary/aromatic N) is 3. The monoisotopic (exact) mass is 843 g/mol. The van der Waals surface area contributed by atoms with Crippen LogP contribution in [0.15, 0.2) is 206 Å². The molecule has 0 saturated heterocycles. The molecule has 0 fully saturated rings. The quantitative estimate of drug-likeness (QED) is 0.166. The van der Waals surface area contributed by atoms with Crippen molar-refractivity contribution in [3.8, 4) is 45.3 Å². The van der Waals surface area contributed by atoms with E-state index in [1.807, 2.05) is 17.4 Å². The Morgan fingerprint density at radius 2 is 0.892 bits per heavy atom. The van der Waals surface area contributed by atoms with Crippen LogP contribution in [0.25, 0.3) is 119 Å². The van der Waals surface area contributed by atoms with Gasteiger partial charge in [-0.05, 0) is 119 Å². The summed E-state index contributed by atoms with van der Waals surface area (Å²) in [7, 11) is 0. The summed E-state index contributed by atoms with van der Waals surface area (Å²) in [6.07, 6.45) is 0. The molecule has 65 heavy (non-hydrogen) atoms. The molecular formula is C61H37N3S. The van der Waals surface area contributed by atoms with Crippen LogP contribution in [0.4, 0.5) is 0 Å². The van der Waals surface area contributed by atoms with Crippen LogP contribution in [0.3, 0.4) is 0 Å². The first-order valence-electron chi connectivity index (χ1n) is 22.2. The highest BCUT2D eigenvalue weighted by atomic mass is 32.1. The zero-order valence-corrected chi connectivity index (χ0v) is 36.2. The number of benzene rings is 11. The van der Waals surface area contributed by atoms with Crippen molar-refractivity contribution in [2.24, 2.45) is 0 Å². The minimum Gasteiger partial charge on any atom is -0.208 e. The topological polar surface area (TPSA) is 38.7 Å². The summed E-state index contributed by atoms with van der Waals surface area (Å²) in [4.78, 5) is 16.3. The fraction of sp³-hybridized carbons (Fsp3) is 0.0328. The van der Waals surface area contributed by atoms with Gasteiger partial charge in [0.15, 0.2) is 17.5 Å². The Labute approximate surface area is 379 Å². The number of aromatic nitrogens is 3. The van der Waals surface area contributed by atoms with Gasteiger partial charge < -0.3 is 0 Å². The van der Waals surface area contributed by atoms with Gasteiger partial charge in [-0.15, -0.1) is 11.3 Å². The minimum absolute atomic E-state index is 0.617. The van der Waals surface area contributed by atoms with E-state index >= 15 is 0 Å². The Kier molecular flexibility index (Phi) is 7.69. The van der Waals surface area contributed by atoms with Crippen molar-refractivity contribution in [2.45, 2.75) is 12.3 Å². The van der Waals surface area contributed by atoms with Crippen LogP contribution in [0.2, 0.25) is 0 Å². The van der Waals surface area contributed by atoms with Gasteiger partial charge in [-0.1, -0.05) is 176 Å². The summed E-state index contributed by atoms with van der Waals surface area (Å²) in [6.45, 7) is 2.46. The van der Waals surface area contributed by atoms with Crippen LogP contribution in [-0.4, -0.2) is 15.0 Å². The van der Waals surface area contributed by atoms with Gasteiger partial charge in [-0.3, -0.25) is 0 Å². The summed E-state index contributed by atoms with van der Waals surface area (Å²) < 4.78 is 2.51. The lowest BCUT2D eigenvalue weighted by Gasteiger charge is -2.32. The maximum Gasteiger partial charge on any atom is 0.164 e. The molecule has 11 aromatic carbocycles. The van der Waals surface area contributed by atoms with Crippen molar-refractivity contribution in [3.63, 3.8) is 0 Å². The van der Waals surface area contributed by atoms with Crippen LogP contribution in [0.5, 0.6) is 0 Å². The van der Waals surface area contributed by atoms with Gasteiger partial charge in [-0.25, -0.2) is 15.0 Å². The Morgan fingerprint density at radius 1 is 0.338 bits per heavy atom. The lowest BCUT2D eigenvalue weighted by molar-refractivity contribution is 0.730. The Balaban J connectivity index is 1.11. The second kappa shape index (κ2) is 13.7. The SMILES string of the molecule is CC1(c2c(-c3nc(-c4ccccc4)nc(-c4ccc5c(ccc6ccccc65)c4)n3)ccc3c2sc2cc4ccccc4cc23)c2cc3ccccc3cc2-c2ccc3ccccc3c21. The maximum absolute atomic E-state index is 5.54. The Hall–Kier alpha value is -8.05. The summed E-state index contributed by atoms with van der Waals surface area (Å²) in [5.74, 6) is 1.95. The lowest BCUT2D eigenvalue weighted by Crippen LogP contribution is -2.24.